The van der Waals surface area contributed by atoms with Gasteiger partial charge in [-0.2, -0.15) is 0 Å². The van der Waals surface area contributed by atoms with Crippen LogP contribution in [0.3, 0.4) is 0 Å². The zero-order valence-corrected chi connectivity index (χ0v) is 11.0. The molecule has 4 N–H and O–H groups in total. The van der Waals surface area contributed by atoms with Gasteiger partial charge in [-0.05, 0) is 20.8 Å². The highest BCUT2D eigenvalue weighted by Gasteiger charge is 2.43. The largest absolute Gasteiger partial charge is 0.508 e. The normalized spacial score (nSPS) is 35.8. The average Bonchev–Trinajstić information content (AvgIpc) is 2.27. The van der Waals surface area contributed by atoms with Gasteiger partial charge in [0.1, 0.15) is 36.6 Å². The zero-order chi connectivity index (χ0) is 14.8. The molecule has 8 heteroatoms. The summed E-state index contributed by atoms with van der Waals surface area (Å²) in [6, 6.07) is 0. The van der Waals surface area contributed by atoms with Gasteiger partial charge < -0.3 is 34.6 Å². The molecule has 0 aromatic heterocycles. The molecule has 0 aliphatic carbocycles. The molecule has 0 unspecified atom stereocenters. The van der Waals surface area contributed by atoms with E-state index in [2.05, 4.69) is 0 Å². The van der Waals surface area contributed by atoms with Crippen LogP contribution in [0.5, 0.6) is 0 Å². The van der Waals surface area contributed by atoms with Gasteiger partial charge >= 0.3 is 6.16 Å². The SMILES string of the molecule is CC(C)(C)OC(=O)OC[C@H]1O[C@H](O)[C@H](O)[C@@H](O)[C@@H]1O. The molecule has 1 rings (SSSR count). The molecule has 0 saturated carbocycles. The summed E-state index contributed by atoms with van der Waals surface area (Å²) >= 11 is 0. The van der Waals surface area contributed by atoms with Crippen molar-refractivity contribution in [3.05, 3.63) is 0 Å². The van der Waals surface area contributed by atoms with Crippen LogP contribution in [0.2, 0.25) is 0 Å². The predicted molar refractivity (Wildman–Crippen MR) is 61.1 cm³/mol. The average molecular weight is 280 g/mol. The van der Waals surface area contributed by atoms with Gasteiger partial charge in [0.05, 0.1) is 0 Å². The molecule has 1 aliphatic rings. The standard InChI is InChI=1S/C11H20O8/c1-11(2,3)19-10(16)17-4-5-6(12)7(13)8(14)9(15)18-5/h5-9,12-15H,4H2,1-3H3/t5-,6-,7+,8-,9+/m1/s1. The van der Waals surface area contributed by atoms with E-state index < -0.39 is 49.1 Å². The van der Waals surface area contributed by atoms with E-state index >= 15 is 0 Å². The Morgan fingerprint density at radius 1 is 1.11 bits per heavy atom. The highest BCUT2D eigenvalue weighted by Crippen LogP contribution is 2.20. The van der Waals surface area contributed by atoms with Crippen LogP contribution in [0, 0.1) is 0 Å². The number of carbonyl (C=O) groups is 1. The van der Waals surface area contributed by atoms with E-state index in [-0.39, 0.29) is 0 Å². The minimum absolute atomic E-state index is 0.420. The van der Waals surface area contributed by atoms with Gasteiger partial charge in [0.15, 0.2) is 6.29 Å². The molecule has 0 bridgehead atoms. The first-order valence-electron chi connectivity index (χ1n) is 5.85. The molecule has 112 valence electrons. The van der Waals surface area contributed by atoms with Crippen LogP contribution in [0.15, 0.2) is 0 Å². The lowest BCUT2D eigenvalue weighted by molar-refractivity contribution is -0.287. The van der Waals surface area contributed by atoms with Gasteiger partial charge in [0.25, 0.3) is 0 Å². The molecule has 8 nitrogen and oxygen atoms in total. The third-order valence-corrected chi connectivity index (χ3v) is 2.44. The minimum Gasteiger partial charge on any atom is -0.431 e. The Hall–Kier alpha value is -0.930. The van der Waals surface area contributed by atoms with E-state index in [0.29, 0.717) is 0 Å². The third-order valence-electron chi connectivity index (χ3n) is 2.44. The molecule has 0 spiro atoms. The van der Waals surface area contributed by atoms with Crippen molar-refractivity contribution in [2.24, 2.45) is 0 Å². The Bertz CT molecular complexity index is 312. The Balaban J connectivity index is 2.47. The Morgan fingerprint density at radius 2 is 1.68 bits per heavy atom. The summed E-state index contributed by atoms with van der Waals surface area (Å²) < 4.78 is 14.4. The zero-order valence-electron chi connectivity index (χ0n) is 11.0. The summed E-state index contributed by atoms with van der Waals surface area (Å²) in [4.78, 5) is 11.3. The van der Waals surface area contributed by atoms with Gasteiger partial charge in [-0.15, -0.1) is 0 Å². The molecule has 1 fully saturated rings. The number of aliphatic hydroxyl groups excluding tert-OH is 4. The maximum atomic E-state index is 11.3. The molecule has 0 aromatic rings. The van der Waals surface area contributed by atoms with Crippen molar-refractivity contribution in [3.63, 3.8) is 0 Å². The Morgan fingerprint density at radius 3 is 2.21 bits per heavy atom. The van der Waals surface area contributed by atoms with Crippen molar-refractivity contribution in [1.29, 1.82) is 0 Å². The van der Waals surface area contributed by atoms with Crippen molar-refractivity contribution in [1.82, 2.24) is 0 Å². The van der Waals surface area contributed by atoms with Gasteiger partial charge in [-0.1, -0.05) is 0 Å². The number of aliphatic hydroxyl groups is 4. The smallest absolute Gasteiger partial charge is 0.431 e. The first kappa shape index (κ1) is 16.1. The molecule has 0 radical (unpaired) electrons. The van der Waals surface area contributed by atoms with Crippen LogP contribution in [0.25, 0.3) is 0 Å². The predicted octanol–water partition coefficient (Wildman–Crippen LogP) is -1.26. The summed E-state index contributed by atoms with van der Waals surface area (Å²) in [5, 5.41) is 37.5. The number of rotatable bonds is 2. The first-order chi connectivity index (χ1) is 8.61. The van der Waals surface area contributed by atoms with Gasteiger partial charge in [0.2, 0.25) is 0 Å². The molecular weight excluding hydrogens is 260 g/mol. The maximum Gasteiger partial charge on any atom is 0.508 e. The summed E-state index contributed by atoms with van der Waals surface area (Å²) in [5.74, 6) is 0. The maximum absolute atomic E-state index is 11.3. The van der Waals surface area contributed by atoms with Crippen molar-refractivity contribution >= 4 is 6.16 Å². The molecule has 1 aliphatic heterocycles. The minimum atomic E-state index is -1.66. The fourth-order valence-corrected chi connectivity index (χ4v) is 1.50. The highest BCUT2D eigenvalue weighted by molar-refractivity contribution is 5.60. The van der Waals surface area contributed by atoms with Gasteiger partial charge in [-0.3, -0.25) is 0 Å². The molecule has 19 heavy (non-hydrogen) atoms. The van der Waals surface area contributed by atoms with Crippen LogP contribution in [0.1, 0.15) is 20.8 Å². The van der Waals surface area contributed by atoms with Crippen molar-refractivity contribution in [2.75, 3.05) is 6.61 Å². The lowest BCUT2D eigenvalue weighted by Crippen LogP contribution is -2.58. The van der Waals surface area contributed by atoms with Crippen LogP contribution in [-0.4, -0.2) is 69.5 Å². The van der Waals surface area contributed by atoms with E-state index in [1.54, 1.807) is 20.8 Å². The summed E-state index contributed by atoms with van der Waals surface area (Å²) in [6.07, 6.45) is -8.46. The Kier molecular flexibility index (Phi) is 5.11. The van der Waals surface area contributed by atoms with E-state index in [0.717, 1.165) is 0 Å². The van der Waals surface area contributed by atoms with Crippen molar-refractivity contribution < 1.29 is 39.4 Å². The molecule has 5 atom stereocenters. The summed E-state index contributed by atoms with van der Waals surface area (Å²) in [6.45, 7) is 4.55. The van der Waals surface area contributed by atoms with Crippen molar-refractivity contribution in [2.45, 2.75) is 57.1 Å². The number of hydrogen-bond acceptors (Lipinski definition) is 8. The Labute approximate surface area is 110 Å². The molecule has 1 saturated heterocycles. The van der Waals surface area contributed by atoms with E-state index in [4.69, 9.17) is 14.2 Å². The first-order valence-corrected chi connectivity index (χ1v) is 5.85. The number of ether oxygens (including phenoxy) is 3. The number of carbonyl (C=O) groups excluding carboxylic acids is 1. The lowest BCUT2D eigenvalue weighted by Gasteiger charge is -2.37. The second-order valence-corrected chi connectivity index (χ2v) is 5.31. The van der Waals surface area contributed by atoms with E-state index in [9.17, 15) is 25.2 Å². The number of hydrogen-bond donors (Lipinski definition) is 4. The van der Waals surface area contributed by atoms with Crippen LogP contribution in [-0.2, 0) is 14.2 Å². The van der Waals surface area contributed by atoms with Crippen molar-refractivity contribution in [3.8, 4) is 0 Å². The molecule has 1 heterocycles. The third kappa shape index (κ3) is 4.59. The van der Waals surface area contributed by atoms with Crippen LogP contribution >= 0.6 is 0 Å². The van der Waals surface area contributed by atoms with Gasteiger partial charge in [0, 0.05) is 0 Å². The molecule has 0 aromatic carbocycles. The highest BCUT2D eigenvalue weighted by atomic mass is 16.7. The second kappa shape index (κ2) is 6.02. The van der Waals surface area contributed by atoms with Crippen LogP contribution in [0.4, 0.5) is 4.79 Å². The topological polar surface area (TPSA) is 126 Å². The summed E-state index contributed by atoms with van der Waals surface area (Å²) in [7, 11) is 0. The molecule has 0 amide bonds. The van der Waals surface area contributed by atoms with Gasteiger partial charge in [-0.25, -0.2) is 4.79 Å². The quantitative estimate of drug-likeness (QED) is 0.462. The van der Waals surface area contributed by atoms with Crippen LogP contribution < -0.4 is 0 Å². The van der Waals surface area contributed by atoms with E-state index in [1.807, 2.05) is 0 Å². The molecular formula is C11H20O8. The fraction of sp³-hybridized carbons (Fsp3) is 0.909. The summed E-state index contributed by atoms with van der Waals surface area (Å²) in [5.41, 5.74) is -0.724. The lowest BCUT2D eigenvalue weighted by atomic mass is 9.99. The van der Waals surface area contributed by atoms with E-state index in [1.165, 1.54) is 0 Å². The second-order valence-electron chi connectivity index (χ2n) is 5.31. The monoisotopic (exact) mass is 280 g/mol. The fourth-order valence-electron chi connectivity index (χ4n) is 1.50.